The Morgan fingerprint density at radius 3 is 2.57 bits per heavy atom. The third-order valence-electron chi connectivity index (χ3n) is 5.99. The Balaban J connectivity index is 1.54. The zero-order valence-electron chi connectivity index (χ0n) is 20.9. The normalized spacial score (nSPS) is 11.7. The Morgan fingerprint density at radius 1 is 1.11 bits per heavy atom. The fourth-order valence-corrected chi connectivity index (χ4v) is 4.89. The molecule has 0 radical (unpaired) electrons. The number of fused-ring (bicyclic) bond motifs is 1. The van der Waals surface area contributed by atoms with Gasteiger partial charge in [0.15, 0.2) is 0 Å². The SMILES string of the molecule is COc1ccc(OC)c(NC(=O)C(C)n2cnc3sc(C(=O)OCCc4ccccc4)c(C)c3c2=O)c1. The van der Waals surface area contributed by atoms with E-state index in [2.05, 4.69) is 10.3 Å². The van der Waals surface area contributed by atoms with Crippen LogP contribution in [0, 0.1) is 6.92 Å². The van der Waals surface area contributed by atoms with Gasteiger partial charge in [0.25, 0.3) is 5.56 Å². The maximum atomic E-state index is 13.4. The van der Waals surface area contributed by atoms with Gasteiger partial charge in [0.1, 0.15) is 27.2 Å². The van der Waals surface area contributed by atoms with Gasteiger partial charge in [-0.1, -0.05) is 30.3 Å². The summed E-state index contributed by atoms with van der Waals surface area (Å²) in [6.07, 6.45) is 1.91. The standard InChI is InChI=1S/C27H27N3O6S/c1-16-22-25(37-23(16)27(33)36-13-12-18-8-6-5-7-9-18)28-15-30(26(22)32)17(2)24(31)29-20-14-19(34-3)10-11-21(20)35-4/h5-11,14-15,17H,12-13H2,1-4H3,(H,29,31). The van der Waals surface area contributed by atoms with E-state index in [0.717, 1.165) is 16.9 Å². The van der Waals surface area contributed by atoms with Crippen LogP contribution >= 0.6 is 11.3 Å². The van der Waals surface area contributed by atoms with Gasteiger partial charge < -0.3 is 19.5 Å². The molecule has 1 atom stereocenters. The van der Waals surface area contributed by atoms with Crippen LogP contribution in [0.3, 0.4) is 0 Å². The lowest BCUT2D eigenvalue weighted by atomic mass is 10.2. The third kappa shape index (κ3) is 5.49. The number of carbonyl (C=O) groups is 2. The largest absolute Gasteiger partial charge is 0.497 e. The smallest absolute Gasteiger partial charge is 0.348 e. The number of nitrogens with one attached hydrogen (secondary N) is 1. The molecule has 4 aromatic rings. The summed E-state index contributed by atoms with van der Waals surface area (Å²) in [5.74, 6) is 0.0500. The van der Waals surface area contributed by atoms with Gasteiger partial charge in [-0.25, -0.2) is 9.78 Å². The lowest BCUT2D eigenvalue weighted by Crippen LogP contribution is -2.32. The highest BCUT2D eigenvalue weighted by Crippen LogP contribution is 2.30. The Labute approximate surface area is 217 Å². The van der Waals surface area contributed by atoms with Crippen molar-refractivity contribution in [3.8, 4) is 11.5 Å². The van der Waals surface area contributed by atoms with Gasteiger partial charge in [-0.15, -0.1) is 11.3 Å². The number of thiophene rings is 1. The second-order valence-corrected chi connectivity index (χ2v) is 9.30. The van der Waals surface area contributed by atoms with Crippen LogP contribution in [-0.4, -0.2) is 42.3 Å². The monoisotopic (exact) mass is 521 g/mol. The Kier molecular flexibility index (Phi) is 7.88. The van der Waals surface area contributed by atoms with Gasteiger partial charge in [0.2, 0.25) is 5.91 Å². The number of anilines is 1. The van der Waals surface area contributed by atoms with E-state index in [1.807, 2.05) is 30.3 Å². The molecule has 0 saturated carbocycles. The highest BCUT2D eigenvalue weighted by molar-refractivity contribution is 7.20. The van der Waals surface area contributed by atoms with Gasteiger partial charge in [-0.05, 0) is 37.1 Å². The summed E-state index contributed by atoms with van der Waals surface area (Å²) in [5.41, 5.74) is 1.54. The molecule has 9 nitrogen and oxygen atoms in total. The number of ether oxygens (including phenoxy) is 3. The Hall–Kier alpha value is -4.18. The van der Waals surface area contributed by atoms with Crippen molar-refractivity contribution < 1.29 is 23.8 Å². The van der Waals surface area contributed by atoms with Crippen LogP contribution in [0.5, 0.6) is 11.5 Å². The zero-order chi connectivity index (χ0) is 26.5. The first-order chi connectivity index (χ1) is 17.8. The summed E-state index contributed by atoms with van der Waals surface area (Å²) in [7, 11) is 3.01. The topological polar surface area (TPSA) is 109 Å². The molecule has 2 aromatic carbocycles. The molecule has 0 spiro atoms. The number of benzene rings is 2. The van der Waals surface area contributed by atoms with Crippen LogP contribution in [0.25, 0.3) is 10.2 Å². The molecule has 1 N–H and O–H groups in total. The fraction of sp³-hybridized carbons (Fsp3) is 0.259. The molecule has 0 aliphatic rings. The maximum absolute atomic E-state index is 13.4. The number of methoxy groups -OCH3 is 2. The number of esters is 1. The predicted octanol–water partition coefficient (Wildman–Crippen LogP) is 4.38. The Morgan fingerprint density at radius 2 is 1.86 bits per heavy atom. The van der Waals surface area contributed by atoms with Crippen LogP contribution in [0.15, 0.2) is 59.7 Å². The molecule has 2 heterocycles. The molecule has 0 fully saturated rings. The van der Waals surface area contributed by atoms with Gasteiger partial charge >= 0.3 is 5.97 Å². The van der Waals surface area contributed by atoms with Gasteiger partial charge in [0, 0.05) is 12.5 Å². The molecule has 1 unspecified atom stereocenters. The third-order valence-corrected chi connectivity index (χ3v) is 7.17. The molecule has 192 valence electrons. The number of nitrogens with zero attached hydrogens (tertiary/aromatic N) is 2. The molecule has 0 bridgehead atoms. The number of hydrogen-bond acceptors (Lipinski definition) is 8. The van der Waals surface area contributed by atoms with Crippen molar-refractivity contribution in [1.82, 2.24) is 9.55 Å². The van der Waals surface area contributed by atoms with E-state index in [1.54, 1.807) is 32.0 Å². The number of amides is 1. The highest BCUT2D eigenvalue weighted by atomic mass is 32.1. The molecular weight excluding hydrogens is 494 g/mol. The molecular formula is C27H27N3O6S. The number of hydrogen-bond donors (Lipinski definition) is 1. The second kappa shape index (κ2) is 11.3. The van der Waals surface area contributed by atoms with E-state index < -0.39 is 23.5 Å². The zero-order valence-corrected chi connectivity index (χ0v) is 21.8. The minimum absolute atomic E-state index is 0.221. The Bertz CT molecular complexity index is 1500. The minimum atomic E-state index is -0.888. The van der Waals surface area contributed by atoms with Crippen molar-refractivity contribution in [2.75, 3.05) is 26.1 Å². The van der Waals surface area contributed by atoms with Crippen molar-refractivity contribution in [3.63, 3.8) is 0 Å². The summed E-state index contributed by atoms with van der Waals surface area (Å²) in [5, 5.41) is 3.07. The van der Waals surface area contributed by atoms with E-state index in [0.29, 0.717) is 44.3 Å². The lowest BCUT2D eigenvalue weighted by molar-refractivity contribution is -0.118. The molecule has 10 heteroatoms. The summed E-state index contributed by atoms with van der Waals surface area (Å²) in [4.78, 5) is 44.2. The van der Waals surface area contributed by atoms with E-state index in [4.69, 9.17) is 14.2 Å². The van der Waals surface area contributed by atoms with Crippen LogP contribution in [0.1, 0.15) is 33.8 Å². The first-order valence-electron chi connectivity index (χ1n) is 11.6. The number of carbonyl (C=O) groups excluding carboxylic acids is 2. The first kappa shape index (κ1) is 25.9. The second-order valence-electron chi connectivity index (χ2n) is 8.30. The lowest BCUT2D eigenvalue weighted by Gasteiger charge is -2.17. The quantitative estimate of drug-likeness (QED) is 0.326. The molecule has 1 amide bonds. The van der Waals surface area contributed by atoms with Crippen LogP contribution in [-0.2, 0) is 16.0 Å². The molecule has 0 aliphatic carbocycles. The van der Waals surface area contributed by atoms with Crippen molar-refractivity contribution in [2.45, 2.75) is 26.3 Å². The van der Waals surface area contributed by atoms with Crippen LogP contribution < -0.4 is 20.3 Å². The van der Waals surface area contributed by atoms with Crippen molar-refractivity contribution in [3.05, 3.63) is 81.2 Å². The summed E-state index contributed by atoms with van der Waals surface area (Å²) >= 11 is 1.10. The van der Waals surface area contributed by atoms with Crippen LogP contribution in [0.2, 0.25) is 0 Å². The number of rotatable bonds is 9. The first-order valence-corrected chi connectivity index (χ1v) is 12.4. The van der Waals surface area contributed by atoms with Crippen molar-refractivity contribution >= 4 is 39.1 Å². The van der Waals surface area contributed by atoms with Gasteiger partial charge in [0.05, 0.1) is 38.2 Å². The van der Waals surface area contributed by atoms with Crippen molar-refractivity contribution in [1.29, 1.82) is 0 Å². The summed E-state index contributed by atoms with van der Waals surface area (Å²) in [6.45, 7) is 3.50. The molecule has 2 aromatic heterocycles. The van der Waals surface area contributed by atoms with E-state index in [-0.39, 0.29) is 6.61 Å². The average molecular weight is 522 g/mol. The summed E-state index contributed by atoms with van der Waals surface area (Å²) < 4.78 is 17.2. The number of aryl methyl sites for hydroxylation is 1. The van der Waals surface area contributed by atoms with Gasteiger partial charge in [-0.3, -0.25) is 14.2 Å². The number of aromatic nitrogens is 2. The molecule has 0 aliphatic heterocycles. The maximum Gasteiger partial charge on any atom is 0.348 e. The fourth-order valence-electron chi connectivity index (χ4n) is 3.85. The average Bonchev–Trinajstić information content (AvgIpc) is 3.26. The van der Waals surface area contributed by atoms with E-state index in [9.17, 15) is 14.4 Å². The highest BCUT2D eigenvalue weighted by Gasteiger charge is 2.24. The van der Waals surface area contributed by atoms with E-state index >= 15 is 0 Å². The van der Waals surface area contributed by atoms with E-state index in [1.165, 1.54) is 25.1 Å². The van der Waals surface area contributed by atoms with Gasteiger partial charge in [-0.2, -0.15) is 0 Å². The predicted molar refractivity (Wildman–Crippen MR) is 142 cm³/mol. The molecule has 0 saturated heterocycles. The molecule has 37 heavy (non-hydrogen) atoms. The minimum Gasteiger partial charge on any atom is -0.497 e. The van der Waals surface area contributed by atoms with Crippen molar-refractivity contribution in [2.24, 2.45) is 0 Å². The summed E-state index contributed by atoms with van der Waals surface area (Å²) in [6, 6.07) is 13.8. The molecule has 4 rings (SSSR count). The van der Waals surface area contributed by atoms with Crippen LogP contribution in [0.4, 0.5) is 5.69 Å².